The van der Waals surface area contributed by atoms with E-state index in [4.69, 9.17) is 20.4 Å². The zero-order valence-electron chi connectivity index (χ0n) is 9.56. The van der Waals surface area contributed by atoms with Gasteiger partial charge in [0, 0.05) is 12.1 Å². The third-order valence-corrected chi connectivity index (χ3v) is 1.66. The highest BCUT2D eigenvalue weighted by molar-refractivity contribution is 5.30. The van der Waals surface area contributed by atoms with Gasteiger partial charge >= 0.3 is 0 Å². The van der Waals surface area contributed by atoms with Crippen molar-refractivity contribution in [2.45, 2.75) is 0 Å². The average Bonchev–Trinajstić information content (AvgIpc) is 2.31. The normalized spacial score (nSPS) is 8.11. The molecule has 94 valence electrons. The van der Waals surface area contributed by atoms with Gasteiger partial charge in [-0.3, -0.25) is 0 Å². The predicted octanol–water partition coefficient (Wildman–Crippen LogP) is 2.44. The molecule has 0 saturated carbocycles. The van der Waals surface area contributed by atoms with E-state index in [1.165, 1.54) is 36.4 Å². The summed E-state index contributed by atoms with van der Waals surface area (Å²) in [7, 11) is 0. The maximum absolute atomic E-state index is 8.65. The number of terminal acetylenes is 1. The van der Waals surface area contributed by atoms with Crippen LogP contribution >= 0.6 is 0 Å². The fourth-order valence-electron chi connectivity index (χ4n) is 0.986. The lowest BCUT2D eigenvalue weighted by Gasteiger charge is -1.89. The van der Waals surface area contributed by atoms with Gasteiger partial charge in [0.1, 0.15) is 23.0 Å². The Morgan fingerprint density at radius 2 is 0.778 bits per heavy atom. The minimum atomic E-state index is 0.0880. The van der Waals surface area contributed by atoms with Crippen LogP contribution in [0.4, 0.5) is 0 Å². The lowest BCUT2D eigenvalue weighted by molar-refractivity contribution is 0.449. The first-order valence-electron chi connectivity index (χ1n) is 4.87. The van der Waals surface area contributed by atoms with Crippen molar-refractivity contribution < 1.29 is 20.4 Å². The standard InChI is InChI=1S/2C6H6O2.C2H2/c2*7-5-2-1-3-6(8)4-5;1-2/h2*1-4,7-8H;1-2H. The molecule has 4 N–H and O–H groups in total. The minimum absolute atomic E-state index is 0.0880. The van der Waals surface area contributed by atoms with Gasteiger partial charge in [0.15, 0.2) is 0 Å². The van der Waals surface area contributed by atoms with E-state index in [1.807, 2.05) is 0 Å². The highest BCUT2D eigenvalue weighted by Gasteiger charge is 1.86. The lowest BCUT2D eigenvalue weighted by atomic mass is 10.3. The Balaban J connectivity index is 0.000000283. The molecule has 2 rings (SSSR count). The van der Waals surface area contributed by atoms with Gasteiger partial charge in [0.2, 0.25) is 0 Å². The molecule has 0 aliphatic carbocycles. The van der Waals surface area contributed by atoms with Gasteiger partial charge in [-0.1, -0.05) is 12.1 Å². The topological polar surface area (TPSA) is 80.9 Å². The van der Waals surface area contributed by atoms with Crippen LogP contribution in [0.5, 0.6) is 23.0 Å². The summed E-state index contributed by atoms with van der Waals surface area (Å²) < 4.78 is 0. The highest BCUT2D eigenvalue weighted by atomic mass is 16.3. The molecular formula is C14H14O4. The fraction of sp³-hybridized carbons (Fsp3) is 0. The van der Waals surface area contributed by atoms with Crippen LogP contribution in [0.3, 0.4) is 0 Å². The summed E-state index contributed by atoms with van der Waals surface area (Å²) in [6.45, 7) is 0. The van der Waals surface area contributed by atoms with E-state index in [9.17, 15) is 0 Å². The van der Waals surface area contributed by atoms with Crippen molar-refractivity contribution in [3.05, 3.63) is 48.5 Å². The molecule has 0 aromatic heterocycles. The summed E-state index contributed by atoms with van der Waals surface area (Å²) >= 11 is 0. The average molecular weight is 246 g/mol. The first-order chi connectivity index (χ1) is 8.58. The first-order valence-corrected chi connectivity index (χ1v) is 4.87. The number of benzene rings is 2. The number of hydrogen-bond acceptors (Lipinski definition) is 4. The molecule has 0 heterocycles. The minimum Gasteiger partial charge on any atom is -0.508 e. The third-order valence-electron chi connectivity index (χ3n) is 1.66. The van der Waals surface area contributed by atoms with Crippen LogP contribution in [0.1, 0.15) is 0 Å². The highest BCUT2D eigenvalue weighted by Crippen LogP contribution is 2.15. The number of rotatable bonds is 0. The van der Waals surface area contributed by atoms with Crippen molar-refractivity contribution in [2.24, 2.45) is 0 Å². The van der Waals surface area contributed by atoms with Crippen LogP contribution in [0.2, 0.25) is 0 Å². The largest absolute Gasteiger partial charge is 0.508 e. The Morgan fingerprint density at radius 1 is 0.556 bits per heavy atom. The van der Waals surface area contributed by atoms with Gasteiger partial charge in [-0.2, -0.15) is 0 Å². The summed E-state index contributed by atoms with van der Waals surface area (Å²) in [4.78, 5) is 0. The summed E-state index contributed by atoms with van der Waals surface area (Å²) in [5, 5.41) is 34.6. The van der Waals surface area contributed by atoms with E-state index < -0.39 is 0 Å². The maximum atomic E-state index is 8.65. The molecule has 2 aromatic carbocycles. The second-order valence-corrected chi connectivity index (χ2v) is 3.04. The summed E-state index contributed by atoms with van der Waals surface area (Å²) in [6, 6.07) is 11.7. The maximum Gasteiger partial charge on any atom is 0.119 e. The van der Waals surface area contributed by atoms with Gasteiger partial charge < -0.3 is 20.4 Å². The molecule has 0 aliphatic rings. The first kappa shape index (κ1) is 15.2. The third kappa shape index (κ3) is 6.64. The van der Waals surface area contributed by atoms with Gasteiger partial charge in [-0.25, -0.2) is 0 Å². The zero-order chi connectivity index (χ0) is 14.0. The lowest BCUT2D eigenvalue weighted by Crippen LogP contribution is -1.61. The van der Waals surface area contributed by atoms with E-state index in [1.54, 1.807) is 12.1 Å². The number of phenolic OH excluding ortho intramolecular Hbond substituents is 4. The van der Waals surface area contributed by atoms with E-state index in [0.717, 1.165) is 0 Å². The molecule has 0 fully saturated rings. The Kier molecular flexibility index (Phi) is 7.06. The molecule has 0 atom stereocenters. The van der Waals surface area contributed by atoms with Crippen molar-refractivity contribution in [1.82, 2.24) is 0 Å². The summed E-state index contributed by atoms with van der Waals surface area (Å²) in [6.07, 6.45) is 8.00. The zero-order valence-corrected chi connectivity index (χ0v) is 9.56. The van der Waals surface area contributed by atoms with Crippen molar-refractivity contribution in [1.29, 1.82) is 0 Å². The SMILES string of the molecule is C#C.Oc1cccc(O)c1.Oc1cccc(O)c1. The van der Waals surface area contributed by atoms with Crippen LogP contribution in [-0.2, 0) is 0 Å². The Hall–Kier alpha value is -2.80. The van der Waals surface area contributed by atoms with Crippen LogP contribution in [0, 0.1) is 12.8 Å². The van der Waals surface area contributed by atoms with E-state index in [2.05, 4.69) is 12.8 Å². The summed E-state index contributed by atoms with van der Waals surface area (Å²) in [5.74, 6) is 0.352. The van der Waals surface area contributed by atoms with E-state index in [-0.39, 0.29) is 23.0 Å². The van der Waals surface area contributed by atoms with Crippen LogP contribution in [0.25, 0.3) is 0 Å². The molecule has 4 heteroatoms. The van der Waals surface area contributed by atoms with E-state index in [0.29, 0.717) is 0 Å². The molecular weight excluding hydrogens is 232 g/mol. The van der Waals surface area contributed by atoms with Crippen LogP contribution in [0.15, 0.2) is 48.5 Å². The number of hydrogen-bond donors (Lipinski definition) is 4. The monoisotopic (exact) mass is 246 g/mol. The number of aromatic hydroxyl groups is 4. The number of phenols is 4. The van der Waals surface area contributed by atoms with Gasteiger partial charge in [0.25, 0.3) is 0 Å². The molecule has 0 aliphatic heterocycles. The molecule has 0 amide bonds. The van der Waals surface area contributed by atoms with Crippen molar-refractivity contribution in [2.75, 3.05) is 0 Å². The molecule has 0 bridgehead atoms. The quantitative estimate of drug-likeness (QED) is 0.538. The van der Waals surface area contributed by atoms with Crippen molar-refractivity contribution >= 4 is 0 Å². The van der Waals surface area contributed by atoms with Crippen LogP contribution < -0.4 is 0 Å². The van der Waals surface area contributed by atoms with Crippen LogP contribution in [-0.4, -0.2) is 20.4 Å². The molecule has 0 spiro atoms. The predicted molar refractivity (Wildman–Crippen MR) is 69.4 cm³/mol. The van der Waals surface area contributed by atoms with Crippen molar-refractivity contribution in [3.8, 4) is 35.8 Å². The Bertz CT molecular complexity index is 414. The molecule has 18 heavy (non-hydrogen) atoms. The van der Waals surface area contributed by atoms with Gasteiger partial charge in [-0.05, 0) is 24.3 Å². The molecule has 0 radical (unpaired) electrons. The van der Waals surface area contributed by atoms with Gasteiger partial charge in [0.05, 0.1) is 0 Å². The van der Waals surface area contributed by atoms with E-state index >= 15 is 0 Å². The van der Waals surface area contributed by atoms with Gasteiger partial charge in [-0.15, -0.1) is 12.8 Å². The molecule has 2 aromatic rings. The molecule has 0 saturated heterocycles. The fourth-order valence-corrected chi connectivity index (χ4v) is 0.986. The Morgan fingerprint density at radius 3 is 0.889 bits per heavy atom. The second kappa shape index (κ2) is 8.36. The van der Waals surface area contributed by atoms with Crippen molar-refractivity contribution in [3.63, 3.8) is 0 Å². The summed E-state index contributed by atoms with van der Waals surface area (Å²) in [5.41, 5.74) is 0. The smallest absolute Gasteiger partial charge is 0.119 e. The molecule has 4 nitrogen and oxygen atoms in total. The second-order valence-electron chi connectivity index (χ2n) is 3.04. The Labute approximate surface area is 105 Å². The molecule has 0 unspecified atom stereocenters.